The normalized spacial score (nSPS) is 16.2. The fourth-order valence-electron chi connectivity index (χ4n) is 6.30. The first-order chi connectivity index (χ1) is 21.4. The predicted octanol–water partition coefficient (Wildman–Crippen LogP) is 7.23. The zero-order chi connectivity index (χ0) is 31.5. The molecule has 0 radical (unpaired) electrons. The Morgan fingerprint density at radius 2 is 1.66 bits per heavy atom. The number of aromatic nitrogens is 2. The summed E-state index contributed by atoms with van der Waals surface area (Å²) in [6.45, 7) is 17.2. The molecule has 2 aliphatic heterocycles. The van der Waals surface area contributed by atoms with E-state index in [1.807, 2.05) is 39.0 Å². The quantitative estimate of drug-likeness (QED) is 0.219. The first-order valence-corrected chi connectivity index (χ1v) is 16.4. The number of aryl methyl sites for hydroxylation is 2. The van der Waals surface area contributed by atoms with Gasteiger partial charge in [0.25, 0.3) is 0 Å². The van der Waals surface area contributed by atoms with Gasteiger partial charge in [0.2, 0.25) is 0 Å². The van der Waals surface area contributed by atoms with Crippen molar-refractivity contribution in [3.8, 4) is 5.75 Å². The number of anilines is 1. The summed E-state index contributed by atoms with van der Waals surface area (Å²) in [6.07, 6.45) is 8.63. The van der Waals surface area contributed by atoms with Crippen LogP contribution in [-0.2, 0) is 13.0 Å². The van der Waals surface area contributed by atoms with Crippen LogP contribution < -0.4 is 4.90 Å². The number of hydrogen-bond donors (Lipinski definition) is 2. The van der Waals surface area contributed by atoms with Crippen LogP contribution in [-0.4, -0.2) is 76.0 Å². The van der Waals surface area contributed by atoms with Gasteiger partial charge in [0.05, 0.1) is 0 Å². The minimum Gasteiger partial charge on any atom is -0.508 e. The Hall–Kier alpha value is -3.68. The number of phenolic OH excluding ortho intramolecular Hbond substituents is 1. The van der Waals surface area contributed by atoms with E-state index in [9.17, 15) is 9.90 Å². The minimum absolute atomic E-state index is 0.0683. The van der Waals surface area contributed by atoms with Crippen molar-refractivity contribution in [2.24, 2.45) is 0 Å². The molecule has 0 spiro atoms. The number of nitrogens with one attached hydrogen (secondary N) is 1. The van der Waals surface area contributed by atoms with Crippen LogP contribution in [0.1, 0.15) is 74.0 Å². The molecule has 4 heterocycles. The molecule has 44 heavy (non-hydrogen) atoms. The lowest BCUT2D eigenvalue weighted by Gasteiger charge is -2.43. The Bertz CT molecular complexity index is 1450. The van der Waals surface area contributed by atoms with Crippen molar-refractivity contribution >= 4 is 22.5 Å². The monoisotopic (exact) mass is 597 g/mol. The van der Waals surface area contributed by atoms with Crippen LogP contribution in [0.25, 0.3) is 10.9 Å². The maximum Gasteiger partial charge on any atom is 0.161 e. The Morgan fingerprint density at radius 3 is 2.30 bits per heavy atom. The van der Waals surface area contributed by atoms with Crippen molar-refractivity contribution in [1.29, 1.82) is 0 Å². The molecule has 0 bridgehead atoms. The summed E-state index contributed by atoms with van der Waals surface area (Å²) < 4.78 is 0. The van der Waals surface area contributed by atoms with E-state index in [-0.39, 0.29) is 5.78 Å². The number of carbonyl (C=O) groups is 1. The number of rotatable bonds is 7. The van der Waals surface area contributed by atoms with Gasteiger partial charge >= 0.3 is 0 Å². The first kappa shape index (κ1) is 33.2. The van der Waals surface area contributed by atoms with Crippen LogP contribution in [0.3, 0.4) is 0 Å². The molecule has 4 aromatic rings. The van der Waals surface area contributed by atoms with Crippen molar-refractivity contribution in [3.63, 3.8) is 0 Å². The fourth-order valence-corrected chi connectivity index (χ4v) is 6.30. The molecule has 2 saturated heterocycles. The standard InChI is InChI=1S/C24H32N4O2.C11H13N.C2H6/c1-18-15-21(19(2)29)16-25-24(18)28-13-11-27(12-14-28)22-7-9-26(10-8-22)17-20-3-5-23(30)6-4-20;1-2-5-9-8-12-11-7-4-3-6-10(9)11;1-2/h3-6,15-16,22,30H,7-14,17H2,1-2H3;3-4,6-8,12H,2,5H2,1H3;1-2H3. The molecule has 0 saturated carbocycles. The lowest BCUT2D eigenvalue weighted by atomic mass is 10.0. The molecule has 7 nitrogen and oxygen atoms in total. The summed E-state index contributed by atoms with van der Waals surface area (Å²) in [5, 5.41) is 10.8. The predicted molar refractivity (Wildman–Crippen MR) is 183 cm³/mol. The van der Waals surface area contributed by atoms with Gasteiger partial charge in [0.1, 0.15) is 11.6 Å². The first-order valence-electron chi connectivity index (χ1n) is 16.4. The summed E-state index contributed by atoms with van der Waals surface area (Å²) in [7, 11) is 0. The number of Topliss-reactive ketones (excluding diaryl/α,β-unsaturated/α-hetero) is 1. The highest BCUT2D eigenvalue weighted by Gasteiger charge is 2.28. The van der Waals surface area contributed by atoms with Crippen LogP contribution in [0.2, 0.25) is 0 Å². The second-order valence-corrected chi connectivity index (χ2v) is 11.7. The van der Waals surface area contributed by atoms with Crippen molar-refractivity contribution in [2.75, 3.05) is 44.2 Å². The maximum atomic E-state index is 11.6. The van der Waals surface area contributed by atoms with E-state index in [1.165, 1.54) is 47.7 Å². The summed E-state index contributed by atoms with van der Waals surface area (Å²) in [5.74, 6) is 1.42. The molecule has 0 atom stereocenters. The number of phenols is 1. The molecular weight excluding hydrogens is 546 g/mol. The van der Waals surface area contributed by atoms with E-state index in [0.29, 0.717) is 17.4 Å². The van der Waals surface area contributed by atoms with Crippen LogP contribution in [0.4, 0.5) is 5.82 Å². The molecule has 7 heteroatoms. The number of benzene rings is 2. The van der Waals surface area contributed by atoms with Crippen LogP contribution in [0.15, 0.2) is 67.0 Å². The second-order valence-electron chi connectivity index (χ2n) is 11.7. The van der Waals surface area contributed by atoms with Crippen LogP contribution in [0, 0.1) is 6.92 Å². The Morgan fingerprint density at radius 1 is 0.977 bits per heavy atom. The molecule has 0 unspecified atom stereocenters. The lowest BCUT2D eigenvalue weighted by Crippen LogP contribution is -2.53. The Balaban J connectivity index is 0.000000262. The third kappa shape index (κ3) is 8.70. The van der Waals surface area contributed by atoms with Gasteiger partial charge in [-0.3, -0.25) is 14.6 Å². The van der Waals surface area contributed by atoms with Crippen molar-refractivity contribution in [1.82, 2.24) is 19.8 Å². The Labute approximate surface area is 263 Å². The number of aromatic amines is 1. The smallest absolute Gasteiger partial charge is 0.161 e. The van der Waals surface area contributed by atoms with E-state index < -0.39 is 0 Å². The summed E-state index contributed by atoms with van der Waals surface area (Å²) in [4.78, 5) is 26.9. The SMILES string of the molecule is CC.CC(=O)c1cnc(N2CCN(C3CCN(Cc4ccc(O)cc4)CC3)CC2)c(C)c1.CCCc1c[nH]c2ccccc12. The number of aromatic hydroxyl groups is 1. The number of H-pyrrole nitrogens is 1. The molecule has 2 aliphatic rings. The highest BCUT2D eigenvalue weighted by atomic mass is 16.3. The number of pyridine rings is 1. The molecule has 0 aliphatic carbocycles. The third-order valence-electron chi connectivity index (χ3n) is 8.68. The number of piperazine rings is 1. The number of nitrogens with zero attached hydrogens (tertiary/aromatic N) is 4. The number of hydrogen-bond acceptors (Lipinski definition) is 6. The average Bonchev–Trinajstić information content (AvgIpc) is 3.47. The van der Waals surface area contributed by atoms with Gasteiger partial charge in [0.15, 0.2) is 5.78 Å². The molecule has 0 amide bonds. The molecular formula is C37H51N5O2. The van der Waals surface area contributed by atoms with Gasteiger partial charge in [-0.25, -0.2) is 4.98 Å². The summed E-state index contributed by atoms with van der Waals surface area (Å²) >= 11 is 0. The zero-order valence-corrected chi connectivity index (χ0v) is 27.4. The number of fused-ring (bicyclic) bond motifs is 1. The van der Waals surface area contributed by atoms with E-state index in [1.54, 1.807) is 25.3 Å². The summed E-state index contributed by atoms with van der Waals surface area (Å²) in [6, 6.07) is 18.6. The fraction of sp³-hybridized carbons (Fsp3) is 0.459. The topological polar surface area (TPSA) is 75.7 Å². The van der Waals surface area contributed by atoms with Crippen LogP contribution in [0.5, 0.6) is 5.75 Å². The number of carbonyl (C=O) groups excluding carboxylic acids is 1. The largest absolute Gasteiger partial charge is 0.508 e. The highest BCUT2D eigenvalue weighted by molar-refractivity contribution is 5.94. The summed E-state index contributed by atoms with van der Waals surface area (Å²) in [5.41, 5.74) is 5.72. The molecule has 2 N–H and O–H groups in total. The number of ketones is 1. The zero-order valence-electron chi connectivity index (χ0n) is 27.4. The highest BCUT2D eigenvalue weighted by Crippen LogP contribution is 2.24. The van der Waals surface area contributed by atoms with E-state index in [2.05, 4.69) is 62.1 Å². The third-order valence-corrected chi connectivity index (χ3v) is 8.68. The van der Waals surface area contributed by atoms with Gasteiger partial charge in [-0.2, -0.15) is 0 Å². The van der Waals surface area contributed by atoms with Crippen molar-refractivity contribution in [2.45, 2.75) is 72.9 Å². The number of para-hydroxylation sites is 1. The number of piperidine rings is 1. The van der Waals surface area contributed by atoms with Gasteiger partial charge in [-0.05, 0) is 87.2 Å². The van der Waals surface area contributed by atoms with E-state index in [0.717, 1.165) is 57.2 Å². The molecule has 6 rings (SSSR count). The molecule has 2 fully saturated rings. The van der Waals surface area contributed by atoms with E-state index >= 15 is 0 Å². The van der Waals surface area contributed by atoms with Crippen molar-refractivity contribution in [3.05, 3.63) is 89.2 Å². The number of likely N-dealkylation sites (tertiary alicyclic amines) is 1. The van der Waals surface area contributed by atoms with E-state index in [4.69, 9.17) is 0 Å². The Kier molecular flexibility index (Phi) is 12.4. The van der Waals surface area contributed by atoms with Gasteiger partial charge in [-0.15, -0.1) is 0 Å². The molecule has 2 aromatic carbocycles. The second kappa shape index (κ2) is 16.4. The van der Waals surface area contributed by atoms with Crippen LogP contribution >= 0.6 is 0 Å². The van der Waals surface area contributed by atoms with Crippen molar-refractivity contribution < 1.29 is 9.90 Å². The lowest BCUT2D eigenvalue weighted by molar-refractivity contribution is 0.0996. The average molecular weight is 598 g/mol. The molecule has 236 valence electrons. The minimum atomic E-state index is 0.0683. The van der Waals surface area contributed by atoms with Gasteiger partial charge in [-0.1, -0.05) is 57.5 Å². The van der Waals surface area contributed by atoms with Gasteiger partial charge < -0.3 is 15.0 Å². The van der Waals surface area contributed by atoms with Gasteiger partial charge in [0, 0.05) is 67.6 Å². The maximum absolute atomic E-state index is 11.6. The molecule has 2 aromatic heterocycles.